The van der Waals surface area contributed by atoms with Gasteiger partial charge in [0.15, 0.2) is 5.76 Å². The number of aliphatic hydroxyl groups is 1. The molecule has 0 unspecified atom stereocenters. The zero-order valence-corrected chi connectivity index (χ0v) is 17.8. The van der Waals surface area contributed by atoms with Gasteiger partial charge in [-0.3, -0.25) is 9.78 Å². The molecular formula is C22H25BrN2O4. The number of hydrogen-bond donors (Lipinski definition) is 2. The number of benzene rings is 1. The van der Waals surface area contributed by atoms with Crippen LogP contribution in [0.2, 0.25) is 0 Å². The van der Waals surface area contributed by atoms with Crippen molar-refractivity contribution in [3.63, 3.8) is 0 Å². The van der Waals surface area contributed by atoms with Crippen molar-refractivity contribution in [2.45, 2.75) is 32.0 Å². The SMILES string of the molecule is CCO[C@H]1OC(C(=O)Nc2cccnc2)=C[C@@H](c2ccc(Br)cc2)[C@@H]1CCCO. The van der Waals surface area contributed by atoms with Crippen LogP contribution in [0, 0.1) is 5.92 Å². The number of amides is 1. The molecule has 1 aliphatic rings. The molecular weight excluding hydrogens is 436 g/mol. The number of halogens is 1. The summed E-state index contributed by atoms with van der Waals surface area (Å²) in [6.45, 7) is 2.46. The molecule has 2 N–H and O–H groups in total. The average Bonchev–Trinajstić information content (AvgIpc) is 2.74. The lowest BCUT2D eigenvalue weighted by molar-refractivity contribution is -0.165. The van der Waals surface area contributed by atoms with Gasteiger partial charge in [0.2, 0.25) is 6.29 Å². The molecule has 0 saturated heterocycles. The number of aliphatic hydroxyl groups excluding tert-OH is 1. The zero-order valence-electron chi connectivity index (χ0n) is 16.3. The van der Waals surface area contributed by atoms with Crippen molar-refractivity contribution < 1.29 is 19.4 Å². The molecule has 1 aromatic heterocycles. The number of hydrogen-bond acceptors (Lipinski definition) is 5. The highest BCUT2D eigenvalue weighted by molar-refractivity contribution is 9.10. The van der Waals surface area contributed by atoms with Crippen LogP contribution in [0.3, 0.4) is 0 Å². The Morgan fingerprint density at radius 1 is 1.31 bits per heavy atom. The average molecular weight is 461 g/mol. The molecule has 7 heteroatoms. The summed E-state index contributed by atoms with van der Waals surface area (Å²) >= 11 is 3.47. The normalized spacial score (nSPS) is 21.2. The molecule has 0 radical (unpaired) electrons. The van der Waals surface area contributed by atoms with E-state index in [1.807, 2.05) is 37.3 Å². The summed E-state index contributed by atoms with van der Waals surface area (Å²) in [5.74, 6) is -0.210. The number of carbonyl (C=O) groups is 1. The molecule has 29 heavy (non-hydrogen) atoms. The smallest absolute Gasteiger partial charge is 0.290 e. The van der Waals surface area contributed by atoms with Crippen LogP contribution in [0.1, 0.15) is 31.2 Å². The number of allylic oxidation sites excluding steroid dienone is 1. The van der Waals surface area contributed by atoms with Gasteiger partial charge in [-0.1, -0.05) is 28.1 Å². The van der Waals surface area contributed by atoms with Gasteiger partial charge in [-0.05, 0) is 55.7 Å². The van der Waals surface area contributed by atoms with E-state index in [0.717, 1.165) is 16.5 Å². The van der Waals surface area contributed by atoms with E-state index in [9.17, 15) is 9.90 Å². The first-order chi connectivity index (χ1) is 14.1. The molecule has 6 nitrogen and oxygen atoms in total. The number of anilines is 1. The second kappa shape index (κ2) is 10.5. The molecule has 154 valence electrons. The van der Waals surface area contributed by atoms with Gasteiger partial charge in [-0.2, -0.15) is 0 Å². The third-order valence-corrected chi connectivity index (χ3v) is 5.34. The fourth-order valence-corrected chi connectivity index (χ4v) is 3.72. The van der Waals surface area contributed by atoms with Crippen LogP contribution in [0.15, 0.2) is 65.1 Å². The van der Waals surface area contributed by atoms with Crippen LogP contribution in [0.25, 0.3) is 0 Å². The molecule has 3 atom stereocenters. The lowest BCUT2D eigenvalue weighted by Crippen LogP contribution is -2.37. The third-order valence-electron chi connectivity index (χ3n) is 4.81. The van der Waals surface area contributed by atoms with Gasteiger partial charge in [0.1, 0.15) is 0 Å². The lowest BCUT2D eigenvalue weighted by Gasteiger charge is -2.37. The molecule has 0 spiro atoms. The van der Waals surface area contributed by atoms with E-state index in [-0.39, 0.29) is 30.1 Å². The van der Waals surface area contributed by atoms with Gasteiger partial charge >= 0.3 is 0 Å². The number of nitrogens with zero attached hydrogens (tertiary/aromatic N) is 1. The Morgan fingerprint density at radius 2 is 2.10 bits per heavy atom. The maximum atomic E-state index is 12.8. The highest BCUT2D eigenvalue weighted by Gasteiger charge is 2.37. The van der Waals surface area contributed by atoms with E-state index < -0.39 is 6.29 Å². The maximum absolute atomic E-state index is 12.8. The van der Waals surface area contributed by atoms with Crippen molar-refractivity contribution in [3.8, 4) is 0 Å². The van der Waals surface area contributed by atoms with Crippen molar-refractivity contribution in [2.24, 2.45) is 5.92 Å². The zero-order chi connectivity index (χ0) is 20.6. The molecule has 0 fully saturated rings. The van der Waals surface area contributed by atoms with Crippen molar-refractivity contribution in [3.05, 3.63) is 70.7 Å². The van der Waals surface area contributed by atoms with Gasteiger partial charge in [0.05, 0.1) is 11.9 Å². The van der Waals surface area contributed by atoms with Crippen molar-refractivity contribution in [1.29, 1.82) is 0 Å². The lowest BCUT2D eigenvalue weighted by atomic mass is 9.80. The Morgan fingerprint density at radius 3 is 2.76 bits per heavy atom. The first-order valence-corrected chi connectivity index (χ1v) is 10.5. The molecule has 3 rings (SSSR count). The highest BCUT2D eigenvalue weighted by Crippen LogP contribution is 2.39. The van der Waals surface area contributed by atoms with Crippen molar-refractivity contribution in [2.75, 3.05) is 18.5 Å². The van der Waals surface area contributed by atoms with Crippen molar-refractivity contribution >= 4 is 27.5 Å². The maximum Gasteiger partial charge on any atom is 0.290 e. The summed E-state index contributed by atoms with van der Waals surface area (Å²) in [4.78, 5) is 16.8. The van der Waals surface area contributed by atoms with Crippen LogP contribution in [-0.2, 0) is 14.3 Å². The van der Waals surface area contributed by atoms with Crippen LogP contribution < -0.4 is 5.32 Å². The number of carbonyl (C=O) groups excluding carboxylic acids is 1. The van der Waals surface area contributed by atoms with Crippen LogP contribution >= 0.6 is 15.9 Å². The first-order valence-electron chi connectivity index (χ1n) is 9.70. The van der Waals surface area contributed by atoms with Gasteiger partial charge in [0.25, 0.3) is 5.91 Å². The summed E-state index contributed by atoms with van der Waals surface area (Å²) < 4.78 is 12.8. The summed E-state index contributed by atoms with van der Waals surface area (Å²) in [6.07, 6.45) is 5.86. The van der Waals surface area contributed by atoms with E-state index in [0.29, 0.717) is 18.7 Å². The van der Waals surface area contributed by atoms with Crippen LogP contribution in [-0.4, -0.2) is 35.5 Å². The minimum Gasteiger partial charge on any atom is -0.459 e. The number of nitrogens with one attached hydrogen (secondary N) is 1. The fourth-order valence-electron chi connectivity index (χ4n) is 3.46. The van der Waals surface area contributed by atoms with Crippen LogP contribution in [0.5, 0.6) is 0 Å². The number of pyridine rings is 1. The predicted octanol–water partition coefficient (Wildman–Crippen LogP) is 4.23. The quantitative estimate of drug-likeness (QED) is 0.615. The monoisotopic (exact) mass is 460 g/mol. The van der Waals surface area contributed by atoms with Crippen LogP contribution in [0.4, 0.5) is 5.69 Å². The molecule has 0 aliphatic carbocycles. The van der Waals surface area contributed by atoms with Gasteiger partial charge in [-0.25, -0.2) is 0 Å². The number of ether oxygens (including phenoxy) is 2. The van der Waals surface area contributed by atoms with E-state index >= 15 is 0 Å². The molecule has 0 saturated carbocycles. The van der Waals surface area contributed by atoms with Gasteiger partial charge in [0, 0.05) is 35.7 Å². The van der Waals surface area contributed by atoms with Crippen molar-refractivity contribution in [1.82, 2.24) is 4.98 Å². The minimum atomic E-state index is -0.570. The third kappa shape index (κ3) is 5.65. The topological polar surface area (TPSA) is 80.7 Å². The summed E-state index contributed by atoms with van der Waals surface area (Å²) in [5.41, 5.74) is 1.66. The fraction of sp³-hybridized carbons (Fsp3) is 0.364. The summed E-state index contributed by atoms with van der Waals surface area (Å²) in [7, 11) is 0. The number of rotatable bonds is 8. The Bertz CT molecular complexity index is 826. The largest absolute Gasteiger partial charge is 0.459 e. The van der Waals surface area contributed by atoms with E-state index in [1.54, 1.807) is 24.5 Å². The molecule has 1 aliphatic heterocycles. The molecule has 2 aromatic rings. The molecule has 0 bridgehead atoms. The van der Waals surface area contributed by atoms with E-state index in [1.165, 1.54) is 0 Å². The molecule has 1 aromatic carbocycles. The Kier molecular flexibility index (Phi) is 7.80. The Balaban J connectivity index is 1.92. The standard InChI is InChI=1S/C22H25BrN2O4/c1-2-28-22-18(6-4-12-26)19(15-7-9-16(23)10-8-15)13-20(29-22)21(27)25-17-5-3-11-24-14-17/h3,5,7-11,13-14,18-19,22,26H,2,4,6,12H2,1H3,(H,25,27)/t18-,19-,22-/m0/s1. The first kappa shape index (κ1) is 21.5. The number of aromatic nitrogens is 1. The second-order valence-electron chi connectivity index (χ2n) is 6.78. The second-order valence-corrected chi connectivity index (χ2v) is 7.69. The minimum absolute atomic E-state index is 0.0155. The Labute approximate surface area is 179 Å². The van der Waals surface area contributed by atoms with Gasteiger partial charge in [-0.15, -0.1) is 0 Å². The van der Waals surface area contributed by atoms with Gasteiger partial charge < -0.3 is 19.9 Å². The highest BCUT2D eigenvalue weighted by atomic mass is 79.9. The summed E-state index contributed by atoms with van der Waals surface area (Å²) in [6, 6.07) is 11.5. The summed E-state index contributed by atoms with van der Waals surface area (Å²) in [5, 5.41) is 12.2. The predicted molar refractivity (Wildman–Crippen MR) is 114 cm³/mol. The van der Waals surface area contributed by atoms with E-state index in [2.05, 4.69) is 26.2 Å². The Hall–Kier alpha value is -2.22. The molecule has 2 heterocycles. The van der Waals surface area contributed by atoms with E-state index in [4.69, 9.17) is 9.47 Å². The molecule has 1 amide bonds.